The van der Waals surface area contributed by atoms with Crippen molar-refractivity contribution in [2.24, 2.45) is 0 Å². The molecular formula is C16H24N2O2. The number of carbonyl (C=O) groups is 1. The maximum Gasteiger partial charge on any atom is 0.256 e. The third kappa shape index (κ3) is 3.06. The van der Waals surface area contributed by atoms with E-state index in [1.165, 1.54) is 19.3 Å². The fourth-order valence-electron chi connectivity index (χ4n) is 2.98. The monoisotopic (exact) mass is 276 g/mol. The first-order valence-electron chi connectivity index (χ1n) is 7.41. The molecule has 1 aromatic rings. The average molecular weight is 276 g/mol. The van der Waals surface area contributed by atoms with Gasteiger partial charge in [-0.1, -0.05) is 19.3 Å². The van der Waals surface area contributed by atoms with Gasteiger partial charge < -0.3 is 15.4 Å². The Labute approximate surface area is 120 Å². The van der Waals surface area contributed by atoms with E-state index in [1.807, 2.05) is 11.8 Å². The van der Waals surface area contributed by atoms with Crippen LogP contribution in [0.15, 0.2) is 18.2 Å². The summed E-state index contributed by atoms with van der Waals surface area (Å²) in [5.41, 5.74) is 7.06. The summed E-state index contributed by atoms with van der Waals surface area (Å²) < 4.78 is 5.13. The molecule has 0 saturated heterocycles. The Morgan fingerprint density at radius 2 is 2.05 bits per heavy atom. The van der Waals surface area contributed by atoms with Crippen LogP contribution in [0.5, 0.6) is 5.75 Å². The molecule has 2 N–H and O–H groups in total. The zero-order chi connectivity index (χ0) is 14.5. The molecule has 1 saturated carbocycles. The predicted octanol–water partition coefficient (Wildman–Crippen LogP) is 3.07. The molecule has 0 atom stereocenters. The summed E-state index contributed by atoms with van der Waals surface area (Å²) in [6, 6.07) is 5.63. The van der Waals surface area contributed by atoms with E-state index in [9.17, 15) is 4.79 Å². The first-order chi connectivity index (χ1) is 9.67. The van der Waals surface area contributed by atoms with Gasteiger partial charge in [0.15, 0.2) is 0 Å². The maximum atomic E-state index is 12.7. The topological polar surface area (TPSA) is 55.6 Å². The molecular weight excluding hydrogens is 252 g/mol. The summed E-state index contributed by atoms with van der Waals surface area (Å²) in [5.74, 6) is 0.722. The molecule has 1 fully saturated rings. The van der Waals surface area contributed by atoms with Crippen molar-refractivity contribution in [1.29, 1.82) is 0 Å². The van der Waals surface area contributed by atoms with Crippen molar-refractivity contribution in [3.8, 4) is 5.75 Å². The van der Waals surface area contributed by atoms with Crippen LogP contribution in [0.4, 0.5) is 5.69 Å². The molecule has 1 aliphatic rings. The highest BCUT2D eigenvalue weighted by molar-refractivity contribution is 5.99. The Kier molecular flexibility index (Phi) is 4.88. The van der Waals surface area contributed by atoms with E-state index < -0.39 is 0 Å². The van der Waals surface area contributed by atoms with E-state index in [0.29, 0.717) is 23.0 Å². The van der Waals surface area contributed by atoms with Crippen molar-refractivity contribution in [1.82, 2.24) is 4.90 Å². The zero-order valence-electron chi connectivity index (χ0n) is 12.4. The Morgan fingerprint density at radius 1 is 1.35 bits per heavy atom. The van der Waals surface area contributed by atoms with Crippen molar-refractivity contribution >= 4 is 11.6 Å². The summed E-state index contributed by atoms with van der Waals surface area (Å²) in [6.45, 7) is 2.77. The van der Waals surface area contributed by atoms with Crippen molar-refractivity contribution in [3.05, 3.63) is 23.8 Å². The van der Waals surface area contributed by atoms with Crippen LogP contribution in [0.25, 0.3) is 0 Å². The van der Waals surface area contributed by atoms with E-state index in [-0.39, 0.29) is 5.91 Å². The molecule has 1 aliphatic carbocycles. The second kappa shape index (κ2) is 6.64. The molecule has 0 aromatic heterocycles. The molecule has 0 spiro atoms. The molecule has 0 radical (unpaired) electrons. The quantitative estimate of drug-likeness (QED) is 0.860. The zero-order valence-corrected chi connectivity index (χ0v) is 12.4. The largest absolute Gasteiger partial charge is 0.497 e. The molecule has 0 heterocycles. The van der Waals surface area contributed by atoms with Gasteiger partial charge in [0.05, 0.1) is 12.7 Å². The molecule has 4 heteroatoms. The Morgan fingerprint density at radius 3 is 2.60 bits per heavy atom. The van der Waals surface area contributed by atoms with Crippen LogP contribution in [0.3, 0.4) is 0 Å². The Balaban J connectivity index is 2.19. The number of rotatable bonds is 4. The van der Waals surface area contributed by atoms with Gasteiger partial charge in [0.25, 0.3) is 5.91 Å². The number of amides is 1. The van der Waals surface area contributed by atoms with Gasteiger partial charge in [-0.2, -0.15) is 0 Å². The van der Waals surface area contributed by atoms with Gasteiger partial charge in [-0.05, 0) is 31.9 Å². The number of nitrogens with zero attached hydrogens (tertiary/aromatic N) is 1. The minimum absolute atomic E-state index is 0.0413. The number of hydrogen-bond acceptors (Lipinski definition) is 3. The number of hydrogen-bond donors (Lipinski definition) is 1. The van der Waals surface area contributed by atoms with Crippen LogP contribution < -0.4 is 10.5 Å². The van der Waals surface area contributed by atoms with Crippen molar-refractivity contribution < 1.29 is 9.53 Å². The second-order valence-corrected chi connectivity index (χ2v) is 5.34. The highest BCUT2D eigenvalue weighted by Gasteiger charge is 2.26. The summed E-state index contributed by atoms with van der Waals surface area (Å²) in [6.07, 6.45) is 5.93. The highest BCUT2D eigenvalue weighted by Crippen LogP contribution is 2.26. The van der Waals surface area contributed by atoms with Gasteiger partial charge in [0.2, 0.25) is 0 Å². The van der Waals surface area contributed by atoms with Gasteiger partial charge >= 0.3 is 0 Å². The van der Waals surface area contributed by atoms with E-state index in [4.69, 9.17) is 10.5 Å². The lowest BCUT2D eigenvalue weighted by Gasteiger charge is -2.34. The second-order valence-electron chi connectivity index (χ2n) is 5.34. The van der Waals surface area contributed by atoms with Gasteiger partial charge in [-0.15, -0.1) is 0 Å². The number of nitrogen functional groups attached to an aromatic ring is 1. The molecule has 0 bridgehead atoms. The van der Waals surface area contributed by atoms with Gasteiger partial charge in [-0.25, -0.2) is 0 Å². The van der Waals surface area contributed by atoms with E-state index in [0.717, 1.165) is 19.4 Å². The maximum absolute atomic E-state index is 12.7. The number of benzene rings is 1. The Hall–Kier alpha value is -1.71. The molecule has 110 valence electrons. The van der Waals surface area contributed by atoms with Crippen LogP contribution in [0.2, 0.25) is 0 Å². The number of carbonyl (C=O) groups excluding carboxylic acids is 1. The summed E-state index contributed by atoms with van der Waals surface area (Å²) in [5, 5.41) is 0. The molecule has 2 rings (SSSR count). The smallest absolute Gasteiger partial charge is 0.256 e. The summed E-state index contributed by atoms with van der Waals surface area (Å²) in [4.78, 5) is 14.7. The van der Waals surface area contributed by atoms with E-state index in [1.54, 1.807) is 25.3 Å². The van der Waals surface area contributed by atoms with Crippen LogP contribution in [-0.4, -0.2) is 30.5 Å². The van der Waals surface area contributed by atoms with Gasteiger partial charge in [0, 0.05) is 24.3 Å². The van der Waals surface area contributed by atoms with Crippen LogP contribution >= 0.6 is 0 Å². The first-order valence-corrected chi connectivity index (χ1v) is 7.41. The van der Waals surface area contributed by atoms with Crippen LogP contribution in [0, 0.1) is 0 Å². The molecule has 0 aliphatic heterocycles. The van der Waals surface area contributed by atoms with Crippen molar-refractivity contribution in [2.45, 2.75) is 45.1 Å². The van der Waals surface area contributed by atoms with E-state index in [2.05, 4.69) is 0 Å². The Bertz CT molecular complexity index is 468. The third-order valence-corrected chi connectivity index (χ3v) is 4.11. The summed E-state index contributed by atoms with van der Waals surface area (Å²) >= 11 is 0. The molecule has 1 aromatic carbocycles. The number of methoxy groups -OCH3 is 1. The highest BCUT2D eigenvalue weighted by atomic mass is 16.5. The van der Waals surface area contributed by atoms with E-state index >= 15 is 0 Å². The predicted molar refractivity (Wildman–Crippen MR) is 81.0 cm³/mol. The average Bonchev–Trinajstić information content (AvgIpc) is 2.48. The SMILES string of the molecule is CCN(C(=O)c1ccc(OC)cc1N)C1CCCCC1. The molecule has 4 nitrogen and oxygen atoms in total. The first kappa shape index (κ1) is 14.7. The lowest BCUT2D eigenvalue weighted by Crippen LogP contribution is -2.41. The number of ether oxygens (including phenoxy) is 1. The van der Waals surface area contributed by atoms with Gasteiger partial charge in [-0.3, -0.25) is 4.79 Å². The van der Waals surface area contributed by atoms with Crippen molar-refractivity contribution in [2.75, 3.05) is 19.4 Å². The van der Waals surface area contributed by atoms with Crippen LogP contribution in [0.1, 0.15) is 49.4 Å². The lowest BCUT2D eigenvalue weighted by atomic mass is 9.93. The molecule has 0 unspecified atom stereocenters. The minimum Gasteiger partial charge on any atom is -0.497 e. The lowest BCUT2D eigenvalue weighted by molar-refractivity contribution is 0.0649. The van der Waals surface area contributed by atoms with Crippen molar-refractivity contribution in [3.63, 3.8) is 0 Å². The molecule has 20 heavy (non-hydrogen) atoms. The third-order valence-electron chi connectivity index (χ3n) is 4.11. The fourth-order valence-corrected chi connectivity index (χ4v) is 2.98. The fraction of sp³-hybridized carbons (Fsp3) is 0.562. The number of anilines is 1. The number of nitrogens with two attached hydrogens (primary N) is 1. The molecule has 1 amide bonds. The normalized spacial score (nSPS) is 15.9. The minimum atomic E-state index is 0.0413. The summed E-state index contributed by atoms with van der Waals surface area (Å²) in [7, 11) is 1.59. The van der Waals surface area contributed by atoms with Crippen LogP contribution in [-0.2, 0) is 0 Å². The standard InChI is InChI=1S/C16H24N2O2/c1-3-18(12-7-5-4-6-8-12)16(19)14-10-9-13(20-2)11-15(14)17/h9-12H,3-8,17H2,1-2H3. The van der Waals surface area contributed by atoms with Gasteiger partial charge in [0.1, 0.15) is 5.75 Å².